The van der Waals surface area contributed by atoms with E-state index in [1.807, 2.05) is 6.07 Å². The molecule has 1 saturated carbocycles. The number of carboxylic acid groups (broad SMARTS) is 1. The van der Waals surface area contributed by atoms with Gasteiger partial charge in [0.2, 0.25) is 5.91 Å². The van der Waals surface area contributed by atoms with Gasteiger partial charge < -0.3 is 10.0 Å². The molecule has 1 aromatic rings. The van der Waals surface area contributed by atoms with E-state index >= 15 is 0 Å². The molecule has 2 fully saturated rings. The Hall–Kier alpha value is -1.84. The quantitative estimate of drug-likeness (QED) is 0.925. The molecule has 1 amide bonds. The summed E-state index contributed by atoms with van der Waals surface area (Å²) in [4.78, 5) is 24.8. The van der Waals surface area contributed by atoms with Crippen LogP contribution in [0.1, 0.15) is 37.2 Å². The number of amides is 1. The maximum Gasteiger partial charge on any atom is 0.308 e. The zero-order valence-corrected chi connectivity index (χ0v) is 12.1. The number of aliphatic carboxylic acids is 1. The highest BCUT2D eigenvalue weighted by atomic mass is 16.4. The molecule has 4 nitrogen and oxygen atoms in total. The van der Waals surface area contributed by atoms with E-state index < -0.39 is 5.97 Å². The van der Waals surface area contributed by atoms with Crippen molar-refractivity contribution >= 4 is 11.9 Å². The van der Waals surface area contributed by atoms with Crippen LogP contribution in [-0.4, -0.2) is 35.0 Å². The lowest BCUT2D eigenvalue weighted by Crippen LogP contribution is -2.34. The second kappa shape index (κ2) is 5.88. The zero-order chi connectivity index (χ0) is 14.8. The van der Waals surface area contributed by atoms with Gasteiger partial charge in [0.25, 0.3) is 0 Å². The van der Waals surface area contributed by atoms with Crippen molar-refractivity contribution in [2.75, 3.05) is 13.1 Å². The summed E-state index contributed by atoms with van der Waals surface area (Å²) in [6.07, 6.45) is 3.33. The predicted octanol–water partition coefficient (Wildman–Crippen LogP) is 2.50. The molecule has 4 heteroatoms. The summed E-state index contributed by atoms with van der Waals surface area (Å²) in [5, 5.41) is 8.97. The molecule has 1 atom stereocenters. The minimum absolute atomic E-state index is 0.135. The molecule has 112 valence electrons. The van der Waals surface area contributed by atoms with Crippen LogP contribution in [0.15, 0.2) is 30.3 Å². The average Bonchev–Trinajstić information content (AvgIpc) is 2.93. The largest absolute Gasteiger partial charge is 0.481 e. The fraction of sp³-hybridized carbons (Fsp3) is 0.529. The lowest BCUT2D eigenvalue weighted by molar-refractivity contribution is -0.141. The molecule has 1 unspecified atom stereocenters. The predicted molar refractivity (Wildman–Crippen MR) is 78.8 cm³/mol. The van der Waals surface area contributed by atoms with Gasteiger partial charge in [-0.3, -0.25) is 9.59 Å². The summed E-state index contributed by atoms with van der Waals surface area (Å²) in [6.45, 7) is 0.994. The third-order valence-corrected chi connectivity index (χ3v) is 4.86. The van der Waals surface area contributed by atoms with Crippen LogP contribution >= 0.6 is 0 Å². The molecule has 3 rings (SSSR count). The summed E-state index contributed by atoms with van der Waals surface area (Å²) in [6, 6.07) is 10.4. The van der Waals surface area contributed by atoms with Crippen molar-refractivity contribution < 1.29 is 14.7 Å². The summed E-state index contributed by atoms with van der Waals surface area (Å²) >= 11 is 0. The topological polar surface area (TPSA) is 57.6 Å². The molecule has 1 saturated heterocycles. The second-order valence-corrected chi connectivity index (χ2v) is 6.31. The van der Waals surface area contributed by atoms with E-state index in [0.29, 0.717) is 37.8 Å². The Morgan fingerprint density at radius 1 is 1.19 bits per heavy atom. The lowest BCUT2D eigenvalue weighted by atomic mass is 9.70. The summed E-state index contributed by atoms with van der Waals surface area (Å²) in [5.41, 5.74) is 1.37. The molecule has 1 heterocycles. The number of carboxylic acids is 1. The molecule has 1 aliphatic heterocycles. The first-order chi connectivity index (χ1) is 10.1. The first-order valence-electron chi connectivity index (χ1n) is 7.69. The Bertz CT molecular complexity index is 522. The Labute approximate surface area is 124 Å². The van der Waals surface area contributed by atoms with Gasteiger partial charge in [-0.25, -0.2) is 0 Å². The lowest BCUT2D eigenvalue weighted by Gasteiger charge is -2.36. The minimum Gasteiger partial charge on any atom is -0.481 e. The van der Waals surface area contributed by atoms with Gasteiger partial charge in [-0.05, 0) is 36.7 Å². The number of hydrogen-bond acceptors (Lipinski definition) is 2. The smallest absolute Gasteiger partial charge is 0.308 e. The van der Waals surface area contributed by atoms with Crippen molar-refractivity contribution in [3.8, 4) is 0 Å². The highest BCUT2D eigenvalue weighted by molar-refractivity contribution is 5.79. The Balaban J connectivity index is 1.45. The molecule has 0 aromatic heterocycles. The van der Waals surface area contributed by atoms with Gasteiger partial charge in [-0.1, -0.05) is 30.3 Å². The van der Waals surface area contributed by atoms with E-state index in [2.05, 4.69) is 24.3 Å². The molecule has 0 spiro atoms. The summed E-state index contributed by atoms with van der Waals surface area (Å²) in [7, 11) is 0. The van der Waals surface area contributed by atoms with Crippen molar-refractivity contribution in [3.63, 3.8) is 0 Å². The third-order valence-electron chi connectivity index (χ3n) is 4.86. The molecule has 2 aliphatic rings. The third kappa shape index (κ3) is 3.09. The van der Waals surface area contributed by atoms with Gasteiger partial charge in [0.1, 0.15) is 0 Å². The molecule has 21 heavy (non-hydrogen) atoms. The van der Waals surface area contributed by atoms with Crippen molar-refractivity contribution in [1.82, 2.24) is 4.90 Å². The van der Waals surface area contributed by atoms with Crippen LogP contribution in [0, 0.1) is 11.8 Å². The van der Waals surface area contributed by atoms with Crippen LogP contribution in [0.3, 0.4) is 0 Å². The Morgan fingerprint density at radius 3 is 2.52 bits per heavy atom. The van der Waals surface area contributed by atoms with Crippen LogP contribution in [0.2, 0.25) is 0 Å². The first kappa shape index (κ1) is 14.1. The van der Waals surface area contributed by atoms with Crippen LogP contribution in [-0.2, 0) is 9.59 Å². The monoisotopic (exact) mass is 287 g/mol. The number of likely N-dealkylation sites (tertiary alicyclic amines) is 1. The number of carbonyl (C=O) groups excluding carboxylic acids is 1. The van der Waals surface area contributed by atoms with Crippen LogP contribution in [0.5, 0.6) is 0 Å². The maximum atomic E-state index is 12.2. The van der Waals surface area contributed by atoms with Gasteiger partial charge in [-0.2, -0.15) is 0 Å². The van der Waals surface area contributed by atoms with Gasteiger partial charge >= 0.3 is 5.97 Å². The normalized spacial score (nSPS) is 28.2. The van der Waals surface area contributed by atoms with E-state index in [-0.39, 0.29) is 11.8 Å². The van der Waals surface area contributed by atoms with E-state index in [9.17, 15) is 9.59 Å². The number of hydrogen-bond donors (Lipinski definition) is 1. The molecule has 1 aliphatic carbocycles. The highest BCUT2D eigenvalue weighted by Gasteiger charge is 2.35. The number of rotatable bonds is 4. The first-order valence-corrected chi connectivity index (χ1v) is 7.69. The van der Waals surface area contributed by atoms with Crippen molar-refractivity contribution in [1.29, 1.82) is 0 Å². The summed E-state index contributed by atoms with van der Waals surface area (Å²) < 4.78 is 0. The SMILES string of the molecule is O=C(O)C1CCN(C(=O)CC2CC(c3ccccc3)C2)C1. The standard InChI is InChI=1S/C17H21NO3/c19-16(18-7-6-14(11-18)17(20)21)10-12-8-15(9-12)13-4-2-1-3-5-13/h1-5,12,14-15H,6-11H2,(H,20,21). The molecular weight excluding hydrogens is 266 g/mol. The summed E-state index contributed by atoms with van der Waals surface area (Å²) in [5.74, 6) is 0.0432. The maximum absolute atomic E-state index is 12.2. The number of carbonyl (C=O) groups is 2. The van der Waals surface area contributed by atoms with E-state index in [4.69, 9.17) is 5.11 Å². The fourth-order valence-corrected chi connectivity index (χ4v) is 3.46. The highest BCUT2D eigenvalue weighted by Crippen LogP contribution is 2.43. The molecular formula is C17H21NO3. The van der Waals surface area contributed by atoms with Crippen molar-refractivity contribution in [3.05, 3.63) is 35.9 Å². The van der Waals surface area contributed by atoms with E-state index in [0.717, 1.165) is 12.8 Å². The number of nitrogens with zero attached hydrogens (tertiary/aromatic N) is 1. The van der Waals surface area contributed by atoms with Gasteiger partial charge in [0.15, 0.2) is 0 Å². The van der Waals surface area contributed by atoms with Crippen LogP contribution < -0.4 is 0 Å². The van der Waals surface area contributed by atoms with Crippen LogP contribution in [0.25, 0.3) is 0 Å². The molecule has 0 bridgehead atoms. The molecule has 1 N–H and O–H groups in total. The molecule has 0 radical (unpaired) electrons. The zero-order valence-electron chi connectivity index (χ0n) is 12.1. The Morgan fingerprint density at radius 2 is 1.90 bits per heavy atom. The number of benzene rings is 1. The van der Waals surface area contributed by atoms with E-state index in [1.165, 1.54) is 5.56 Å². The average molecular weight is 287 g/mol. The van der Waals surface area contributed by atoms with E-state index in [1.54, 1.807) is 4.90 Å². The second-order valence-electron chi connectivity index (χ2n) is 6.31. The van der Waals surface area contributed by atoms with Gasteiger partial charge in [0.05, 0.1) is 5.92 Å². The van der Waals surface area contributed by atoms with Crippen LogP contribution in [0.4, 0.5) is 0 Å². The van der Waals surface area contributed by atoms with Gasteiger partial charge in [-0.15, -0.1) is 0 Å². The van der Waals surface area contributed by atoms with Crippen molar-refractivity contribution in [2.45, 2.75) is 31.6 Å². The Kier molecular flexibility index (Phi) is 3.95. The minimum atomic E-state index is -0.780. The fourth-order valence-electron chi connectivity index (χ4n) is 3.46. The van der Waals surface area contributed by atoms with Gasteiger partial charge in [0, 0.05) is 19.5 Å². The van der Waals surface area contributed by atoms with Crippen molar-refractivity contribution in [2.24, 2.45) is 11.8 Å². The molecule has 1 aromatic carbocycles.